The molecular formula is C22H26N4O3S2. The van der Waals surface area contributed by atoms with Gasteiger partial charge in [-0.05, 0) is 50.5 Å². The summed E-state index contributed by atoms with van der Waals surface area (Å²) in [5, 5.41) is 12.0. The largest absolute Gasteiger partial charge is 0.299 e. The fourth-order valence-corrected chi connectivity index (χ4v) is 5.15. The highest BCUT2D eigenvalue weighted by Crippen LogP contribution is 2.28. The molecule has 0 aliphatic heterocycles. The van der Waals surface area contributed by atoms with Crippen LogP contribution in [0.15, 0.2) is 42.5 Å². The Bertz CT molecular complexity index is 1190. The second kappa shape index (κ2) is 9.15. The van der Waals surface area contributed by atoms with Crippen LogP contribution in [0.3, 0.4) is 0 Å². The maximum atomic E-state index is 13.1. The molecule has 0 saturated carbocycles. The Kier molecular flexibility index (Phi) is 6.76. The van der Waals surface area contributed by atoms with Crippen molar-refractivity contribution in [1.29, 1.82) is 0 Å². The van der Waals surface area contributed by atoms with E-state index in [1.54, 1.807) is 19.1 Å². The van der Waals surface area contributed by atoms with E-state index in [1.165, 1.54) is 15.6 Å². The first-order chi connectivity index (χ1) is 14.6. The van der Waals surface area contributed by atoms with Gasteiger partial charge in [-0.3, -0.25) is 14.4 Å². The summed E-state index contributed by atoms with van der Waals surface area (Å²) >= 11 is 1.25. The van der Waals surface area contributed by atoms with E-state index in [0.717, 1.165) is 28.5 Å². The zero-order chi connectivity index (χ0) is 22.8. The average Bonchev–Trinajstić information content (AvgIpc) is 3.16. The zero-order valence-corrected chi connectivity index (χ0v) is 19.8. The van der Waals surface area contributed by atoms with Crippen molar-refractivity contribution in [2.75, 3.05) is 15.9 Å². The fraction of sp³-hybridized carbons (Fsp3) is 0.318. The number of anilines is 2. The van der Waals surface area contributed by atoms with Crippen LogP contribution < -0.4 is 9.62 Å². The van der Waals surface area contributed by atoms with Gasteiger partial charge in [0.15, 0.2) is 0 Å². The first-order valence-corrected chi connectivity index (χ1v) is 12.5. The Morgan fingerprint density at radius 1 is 1.06 bits per heavy atom. The highest BCUT2D eigenvalue weighted by atomic mass is 32.2. The van der Waals surface area contributed by atoms with Gasteiger partial charge in [-0.2, -0.15) is 0 Å². The Morgan fingerprint density at radius 2 is 1.74 bits per heavy atom. The van der Waals surface area contributed by atoms with Gasteiger partial charge in [0.05, 0.1) is 11.9 Å². The molecule has 3 rings (SSSR count). The van der Waals surface area contributed by atoms with E-state index in [0.29, 0.717) is 22.2 Å². The third-order valence-corrected chi connectivity index (χ3v) is 7.10. The minimum Gasteiger partial charge on any atom is -0.299 e. The Balaban J connectivity index is 1.87. The number of aryl methyl sites for hydroxylation is 3. The minimum absolute atomic E-state index is 0.301. The molecule has 0 spiro atoms. The maximum absolute atomic E-state index is 13.1. The van der Waals surface area contributed by atoms with Crippen molar-refractivity contribution in [3.63, 3.8) is 0 Å². The molecule has 1 N–H and O–H groups in total. The highest BCUT2D eigenvalue weighted by Gasteiger charge is 2.32. The van der Waals surface area contributed by atoms with Crippen LogP contribution in [0.1, 0.15) is 30.0 Å². The molecular weight excluding hydrogens is 432 g/mol. The van der Waals surface area contributed by atoms with Crippen LogP contribution in [0.4, 0.5) is 10.8 Å². The summed E-state index contributed by atoms with van der Waals surface area (Å²) in [4.78, 5) is 13.1. The molecule has 7 nitrogen and oxygen atoms in total. The van der Waals surface area contributed by atoms with E-state index < -0.39 is 22.0 Å². The van der Waals surface area contributed by atoms with Crippen molar-refractivity contribution < 1.29 is 13.2 Å². The van der Waals surface area contributed by atoms with Crippen molar-refractivity contribution >= 4 is 38.1 Å². The number of nitrogens with zero attached hydrogens (tertiary/aromatic N) is 3. The fourth-order valence-electron chi connectivity index (χ4n) is 3.20. The molecule has 1 atom stereocenters. The molecule has 1 amide bonds. The van der Waals surface area contributed by atoms with E-state index in [-0.39, 0.29) is 0 Å². The van der Waals surface area contributed by atoms with Crippen molar-refractivity contribution in [2.45, 2.75) is 40.2 Å². The number of aromatic nitrogens is 2. The third kappa shape index (κ3) is 5.29. The maximum Gasteiger partial charge on any atom is 0.250 e. The number of hydrogen-bond acceptors (Lipinski definition) is 6. The number of carbonyl (C=O) groups is 1. The van der Waals surface area contributed by atoms with Gasteiger partial charge in [0, 0.05) is 5.56 Å². The normalized spacial score (nSPS) is 12.4. The lowest BCUT2D eigenvalue weighted by atomic mass is 10.1. The Morgan fingerprint density at radius 3 is 2.32 bits per heavy atom. The van der Waals surface area contributed by atoms with Gasteiger partial charge < -0.3 is 0 Å². The molecule has 2 aromatic carbocycles. The standard InChI is InChI=1S/C22H26N4O3S2/c1-6-19(26(31(5,28)29)18-12-9-15(3)16(4)13-18)20(27)23-22-25-24-21(30-22)17-10-7-14(2)8-11-17/h7-13,19H,6H2,1-5H3,(H,23,25,27)/t19-/m1/s1. The molecule has 1 aromatic heterocycles. The van der Waals surface area contributed by atoms with Crippen LogP contribution in [0.25, 0.3) is 10.6 Å². The summed E-state index contributed by atoms with van der Waals surface area (Å²) in [6.07, 6.45) is 1.41. The number of carbonyl (C=O) groups excluding carboxylic acids is 1. The van der Waals surface area contributed by atoms with Crippen molar-refractivity contribution in [3.05, 3.63) is 59.2 Å². The topological polar surface area (TPSA) is 92.3 Å². The first kappa shape index (κ1) is 22.9. The number of amides is 1. The number of sulfonamides is 1. The number of benzene rings is 2. The van der Waals surface area contributed by atoms with Gasteiger partial charge >= 0.3 is 0 Å². The van der Waals surface area contributed by atoms with E-state index in [2.05, 4.69) is 15.5 Å². The second-order valence-corrected chi connectivity index (χ2v) is 10.4. The lowest BCUT2D eigenvalue weighted by molar-refractivity contribution is -0.117. The first-order valence-electron chi connectivity index (χ1n) is 9.88. The summed E-state index contributed by atoms with van der Waals surface area (Å²) in [5.74, 6) is -0.447. The molecule has 0 unspecified atom stereocenters. The molecule has 0 aliphatic carbocycles. The van der Waals surface area contributed by atoms with Gasteiger partial charge in [-0.25, -0.2) is 8.42 Å². The summed E-state index contributed by atoms with van der Waals surface area (Å²) in [6.45, 7) is 7.65. The van der Waals surface area contributed by atoms with Crippen LogP contribution in [-0.4, -0.2) is 36.8 Å². The van der Waals surface area contributed by atoms with Crippen LogP contribution in [0, 0.1) is 20.8 Å². The highest BCUT2D eigenvalue weighted by molar-refractivity contribution is 7.92. The molecule has 31 heavy (non-hydrogen) atoms. The predicted octanol–water partition coefficient (Wildman–Crippen LogP) is 4.31. The molecule has 0 aliphatic rings. The average molecular weight is 459 g/mol. The van der Waals surface area contributed by atoms with E-state index in [1.807, 2.05) is 51.1 Å². The summed E-state index contributed by atoms with van der Waals surface area (Å²) < 4.78 is 26.4. The van der Waals surface area contributed by atoms with Crippen LogP contribution in [0.5, 0.6) is 0 Å². The number of rotatable bonds is 7. The molecule has 3 aromatic rings. The van der Waals surface area contributed by atoms with Gasteiger partial charge in [0.2, 0.25) is 21.1 Å². The third-order valence-electron chi connectivity index (χ3n) is 5.03. The smallest absolute Gasteiger partial charge is 0.250 e. The van der Waals surface area contributed by atoms with Crippen molar-refractivity contribution in [2.24, 2.45) is 0 Å². The van der Waals surface area contributed by atoms with Gasteiger partial charge in [0.25, 0.3) is 0 Å². The van der Waals surface area contributed by atoms with Gasteiger partial charge in [0.1, 0.15) is 11.0 Å². The molecule has 0 fully saturated rings. The molecule has 1 heterocycles. The molecule has 164 valence electrons. The van der Waals surface area contributed by atoms with Crippen LogP contribution >= 0.6 is 11.3 Å². The number of hydrogen-bond donors (Lipinski definition) is 1. The van der Waals surface area contributed by atoms with E-state index >= 15 is 0 Å². The lowest BCUT2D eigenvalue weighted by Crippen LogP contribution is -2.47. The monoisotopic (exact) mass is 458 g/mol. The van der Waals surface area contributed by atoms with E-state index in [9.17, 15) is 13.2 Å². The SMILES string of the molecule is CC[C@H](C(=O)Nc1nnc(-c2ccc(C)cc2)s1)N(c1ccc(C)c(C)c1)S(C)(=O)=O. The van der Waals surface area contributed by atoms with Crippen LogP contribution in [-0.2, 0) is 14.8 Å². The van der Waals surface area contributed by atoms with Gasteiger partial charge in [-0.1, -0.05) is 54.2 Å². The molecule has 0 bridgehead atoms. The Labute approximate surface area is 187 Å². The van der Waals surface area contributed by atoms with Gasteiger partial charge in [-0.15, -0.1) is 10.2 Å². The van der Waals surface area contributed by atoms with Crippen molar-refractivity contribution in [1.82, 2.24) is 10.2 Å². The van der Waals surface area contributed by atoms with Crippen molar-refractivity contribution in [3.8, 4) is 10.6 Å². The molecule has 0 radical (unpaired) electrons. The zero-order valence-electron chi connectivity index (χ0n) is 18.2. The molecule has 0 saturated heterocycles. The molecule has 9 heteroatoms. The summed E-state index contributed by atoms with van der Waals surface area (Å²) in [7, 11) is -3.70. The summed E-state index contributed by atoms with van der Waals surface area (Å²) in [6, 6.07) is 12.3. The number of nitrogens with one attached hydrogen (secondary N) is 1. The lowest BCUT2D eigenvalue weighted by Gasteiger charge is -2.30. The quantitative estimate of drug-likeness (QED) is 0.569. The minimum atomic E-state index is -3.70. The second-order valence-electron chi connectivity index (χ2n) is 7.52. The Hall–Kier alpha value is -2.78. The summed E-state index contributed by atoms with van der Waals surface area (Å²) in [5.41, 5.74) is 4.51. The predicted molar refractivity (Wildman–Crippen MR) is 126 cm³/mol. The van der Waals surface area contributed by atoms with E-state index in [4.69, 9.17) is 0 Å². The van der Waals surface area contributed by atoms with Crippen LogP contribution in [0.2, 0.25) is 0 Å².